The summed E-state index contributed by atoms with van der Waals surface area (Å²) in [6.07, 6.45) is 3.06. The lowest BCUT2D eigenvalue weighted by molar-refractivity contribution is -0.134. The molecule has 3 unspecified atom stereocenters. The first-order valence-electron chi connectivity index (χ1n) is 9.58. The molecule has 1 amide bonds. The van der Waals surface area contributed by atoms with Crippen molar-refractivity contribution in [3.63, 3.8) is 0 Å². The maximum Gasteiger partial charge on any atom is 0.223 e. The first-order chi connectivity index (χ1) is 12.1. The maximum atomic E-state index is 12.9. The number of para-hydroxylation sites is 1. The highest BCUT2D eigenvalue weighted by molar-refractivity contribution is 5.79. The van der Waals surface area contributed by atoms with Crippen molar-refractivity contribution in [2.45, 2.75) is 46.1 Å². The Balaban J connectivity index is 1.68. The van der Waals surface area contributed by atoms with Crippen LogP contribution in [0.2, 0.25) is 0 Å². The molecule has 0 aliphatic carbocycles. The number of furan rings is 1. The monoisotopic (exact) mass is 342 g/mol. The van der Waals surface area contributed by atoms with E-state index < -0.39 is 0 Å². The van der Waals surface area contributed by atoms with Gasteiger partial charge in [-0.1, -0.05) is 25.1 Å². The highest BCUT2D eigenvalue weighted by atomic mass is 16.3. The van der Waals surface area contributed by atoms with Crippen LogP contribution in [0.1, 0.15) is 51.8 Å². The molecule has 25 heavy (non-hydrogen) atoms. The number of amides is 1. The number of fused-ring (bicyclic) bond motifs is 1. The summed E-state index contributed by atoms with van der Waals surface area (Å²) in [6.45, 7) is 9.18. The van der Waals surface area contributed by atoms with Crippen LogP contribution in [-0.2, 0) is 4.79 Å². The molecule has 3 rings (SSSR count). The van der Waals surface area contributed by atoms with E-state index in [9.17, 15) is 4.79 Å². The summed E-state index contributed by atoms with van der Waals surface area (Å²) >= 11 is 0. The Labute approximate surface area is 150 Å². The van der Waals surface area contributed by atoms with Crippen LogP contribution in [0.5, 0.6) is 0 Å². The Morgan fingerprint density at radius 3 is 2.84 bits per heavy atom. The smallest absolute Gasteiger partial charge is 0.223 e. The molecule has 1 fully saturated rings. The Hall–Kier alpha value is -1.81. The van der Waals surface area contributed by atoms with E-state index in [0.29, 0.717) is 24.8 Å². The minimum Gasteiger partial charge on any atom is -0.459 e. The first-order valence-corrected chi connectivity index (χ1v) is 9.58. The Bertz CT molecular complexity index is 670. The molecule has 3 atom stereocenters. The van der Waals surface area contributed by atoms with Crippen molar-refractivity contribution >= 4 is 16.9 Å². The van der Waals surface area contributed by atoms with Gasteiger partial charge in [-0.2, -0.15) is 0 Å². The molecule has 0 bridgehead atoms. The van der Waals surface area contributed by atoms with Crippen LogP contribution < -0.4 is 5.32 Å². The van der Waals surface area contributed by atoms with Gasteiger partial charge in [0.2, 0.25) is 5.91 Å². The standard InChI is InChI=1S/C21H30N2O2/c1-4-23(21(24)12-15(2)18-9-7-11-22-14-18)16(3)20-13-17-8-5-6-10-19(17)25-20/h5-6,8,10,13,15-16,18,22H,4,7,9,11-12,14H2,1-3H3. The summed E-state index contributed by atoms with van der Waals surface area (Å²) < 4.78 is 5.98. The number of benzene rings is 1. The van der Waals surface area contributed by atoms with Crippen LogP contribution in [0.3, 0.4) is 0 Å². The number of nitrogens with zero attached hydrogens (tertiary/aromatic N) is 1. The van der Waals surface area contributed by atoms with Crippen LogP contribution in [0.15, 0.2) is 34.7 Å². The van der Waals surface area contributed by atoms with Gasteiger partial charge in [-0.15, -0.1) is 0 Å². The molecule has 0 radical (unpaired) electrons. The molecule has 0 saturated carbocycles. The third kappa shape index (κ3) is 4.06. The van der Waals surface area contributed by atoms with E-state index in [4.69, 9.17) is 4.42 Å². The van der Waals surface area contributed by atoms with Gasteiger partial charge in [0.1, 0.15) is 11.3 Å². The number of nitrogens with one attached hydrogen (secondary N) is 1. The fourth-order valence-corrected chi connectivity index (χ4v) is 3.95. The van der Waals surface area contributed by atoms with Crippen molar-refractivity contribution in [2.24, 2.45) is 11.8 Å². The van der Waals surface area contributed by atoms with Crippen LogP contribution >= 0.6 is 0 Å². The fourth-order valence-electron chi connectivity index (χ4n) is 3.95. The molecule has 1 aliphatic rings. The molecule has 1 saturated heterocycles. The van der Waals surface area contributed by atoms with E-state index in [1.54, 1.807) is 0 Å². The van der Waals surface area contributed by atoms with Crippen molar-refractivity contribution in [3.8, 4) is 0 Å². The largest absolute Gasteiger partial charge is 0.459 e. The number of hydrogen-bond donors (Lipinski definition) is 1. The van der Waals surface area contributed by atoms with E-state index in [1.807, 2.05) is 36.1 Å². The second kappa shape index (κ2) is 8.05. The third-order valence-electron chi connectivity index (χ3n) is 5.62. The topological polar surface area (TPSA) is 45.5 Å². The molecule has 1 aliphatic heterocycles. The number of carbonyl (C=O) groups is 1. The summed E-state index contributed by atoms with van der Waals surface area (Å²) in [4.78, 5) is 14.9. The van der Waals surface area contributed by atoms with Gasteiger partial charge in [-0.05, 0) is 63.7 Å². The van der Waals surface area contributed by atoms with Crippen LogP contribution in [-0.4, -0.2) is 30.4 Å². The zero-order chi connectivity index (χ0) is 17.8. The average molecular weight is 342 g/mol. The molecule has 1 N–H and O–H groups in total. The zero-order valence-corrected chi connectivity index (χ0v) is 15.6. The normalized spacial score (nSPS) is 20.4. The highest BCUT2D eigenvalue weighted by Crippen LogP contribution is 2.29. The lowest BCUT2D eigenvalue weighted by atomic mass is 9.85. The SMILES string of the molecule is CCN(C(=O)CC(C)C1CCCNC1)C(C)c1cc2ccccc2o1. The molecule has 136 valence electrons. The lowest BCUT2D eigenvalue weighted by Crippen LogP contribution is -2.38. The Kier molecular flexibility index (Phi) is 5.79. The van der Waals surface area contributed by atoms with Gasteiger partial charge in [0.05, 0.1) is 6.04 Å². The van der Waals surface area contributed by atoms with Gasteiger partial charge < -0.3 is 14.6 Å². The molecule has 0 spiro atoms. The summed E-state index contributed by atoms with van der Waals surface area (Å²) in [5, 5.41) is 4.55. The van der Waals surface area contributed by atoms with Gasteiger partial charge in [-0.25, -0.2) is 0 Å². The molecule has 1 aromatic carbocycles. The van der Waals surface area contributed by atoms with Crippen LogP contribution in [0, 0.1) is 11.8 Å². The summed E-state index contributed by atoms with van der Waals surface area (Å²) in [5.41, 5.74) is 0.884. The Morgan fingerprint density at radius 1 is 1.36 bits per heavy atom. The van der Waals surface area contributed by atoms with E-state index in [0.717, 1.165) is 29.8 Å². The molecule has 2 aromatic rings. The van der Waals surface area contributed by atoms with Crippen molar-refractivity contribution in [2.75, 3.05) is 19.6 Å². The van der Waals surface area contributed by atoms with Crippen molar-refractivity contribution in [3.05, 3.63) is 36.1 Å². The summed E-state index contributed by atoms with van der Waals surface area (Å²) in [7, 11) is 0. The van der Waals surface area contributed by atoms with Gasteiger partial charge in [0.15, 0.2) is 0 Å². The summed E-state index contributed by atoms with van der Waals surface area (Å²) in [6, 6.07) is 10.0. The van der Waals surface area contributed by atoms with Crippen LogP contribution in [0.4, 0.5) is 0 Å². The minimum absolute atomic E-state index is 0.0402. The average Bonchev–Trinajstić information content (AvgIpc) is 3.07. The van der Waals surface area contributed by atoms with Crippen molar-refractivity contribution < 1.29 is 9.21 Å². The molecule has 4 nitrogen and oxygen atoms in total. The summed E-state index contributed by atoms with van der Waals surface area (Å²) in [5.74, 6) is 2.12. The predicted octanol–water partition coefficient (Wildman–Crippen LogP) is 4.37. The highest BCUT2D eigenvalue weighted by Gasteiger charge is 2.27. The first kappa shape index (κ1) is 18.0. The van der Waals surface area contributed by atoms with E-state index in [1.165, 1.54) is 12.8 Å². The van der Waals surface area contributed by atoms with Crippen LogP contribution in [0.25, 0.3) is 11.0 Å². The quantitative estimate of drug-likeness (QED) is 0.848. The zero-order valence-electron chi connectivity index (χ0n) is 15.6. The lowest BCUT2D eigenvalue weighted by Gasteiger charge is -2.31. The van der Waals surface area contributed by atoms with Gasteiger partial charge in [0, 0.05) is 18.4 Å². The predicted molar refractivity (Wildman–Crippen MR) is 101 cm³/mol. The molecule has 4 heteroatoms. The number of piperidine rings is 1. The molecular weight excluding hydrogens is 312 g/mol. The second-order valence-corrected chi connectivity index (χ2v) is 7.33. The van der Waals surface area contributed by atoms with E-state index >= 15 is 0 Å². The fraction of sp³-hybridized carbons (Fsp3) is 0.571. The molecular formula is C21H30N2O2. The number of rotatable bonds is 6. The molecule has 2 heterocycles. The van der Waals surface area contributed by atoms with Gasteiger partial charge in [0.25, 0.3) is 0 Å². The number of hydrogen-bond acceptors (Lipinski definition) is 3. The Morgan fingerprint density at radius 2 is 2.16 bits per heavy atom. The minimum atomic E-state index is -0.0402. The van der Waals surface area contributed by atoms with Crippen molar-refractivity contribution in [1.29, 1.82) is 0 Å². The second-order valence-electron chi connectivity index (χ2n) is 7.33. The van der Waals surface area contributed by atoms with E-state index in [-0.39, 0.29) is 11.9 Å². The van der Waals surface area contributed by atoms with E-state index in [2.05, 4.69) is 25.2 Å². The maximum absolute atomic E-state index is 12.9. The van der Waals surface area contributed by atoms with Crippen molar-refractivity contribution in [1.82, 2.24) is 10.2 Å². The third-order valence-corrected chi connectivity index (χ3v) is 5.62. The molecule has 1 aromatic heterocycles. The van der Waals surface area contributed by atoms with Gasteiger partial charge >= 0.3 is 0 Å². The number of carbonyl (C=O) groups excluding carboxylic acids is 1. The van der Waals surface area contributed by atoms with Gasteiger partial charge in [-0.3, -0.25) is 4.79 Å².